The standard InChI is InChI=1S/C26H25Br2N3O5/c1-4-35-23-13-18(7-10-22(23)34-3)26(33)31-29-14-17-11-20(27)25(21(28)12-17)36-15-24(32)30-19-8-5-16(2)6-9-19/h5-14H,4,15H2,1-3H3,(H,30,32)(H,31,33)/b29-14+. The van der Waals surface area contributed by atoms with Gasteiger partial charge in [0.2, 0.25) is 0 Å². The van der Waals surface area contributed by atoms with Crippen molar-refractivity contribution in [2.24, 2.45) is 5.10 Å². The Hall–Kier alpha value is -3.37. The molecule has 3 aromatic carbocycles. The maximum absolute atomic E-state index is 12.5. The summed E-state index contributed by atoms with van der Waals surface area (Å²) in [5.41, 5.74) is 5.37. The number of halogens is 2. The Bertz CT molecular complexity index is 1240. The molecule has 3 aromatic rings. The Labute approximate surface area is 226 Å². The summed E-state index contributed by atoms with van der Waals surface area (Å²) in [6, 6.07) is 15.9. The minimum absolute atomic E-state index is 0.167. The topological polar surface area (TPSA) is 98.3 Å². The summed E-state index contributed by atoms with van der Waals surface area (Å²) in [7, 11) is 1.54. The Morgan fingerprint density at radius 3 is 2.31 bits per heavy atom. The van der Waals surface area contributed by atoms with Crippen molar-refractivity contribution in [3.8, 4) is 17.2 Å². The first-order chi connectivity index (χ1) is 17.3. The van der Waals surface area contributed by atoms with E-state index in [9.17, 15) is 9.59 Å². The van der Waals surface area contributed by atoms with Gasteiger partial charge in [0.05, 0.1) is 28.9 Å². The van der Waals surface area contributed by atoms with Crippen LogP contribution in [0.3, 0.4) is 0 Å². The highest BCUT2D eigenvalue weighted by Gasteiger charge is 2.13. The van der Waals surface area contributed by atoms with Crippen LogP contribution in [0.2, 0.25) is 0 Å². The largest absolute Gasteiger partial charge is 0.493 e. The summed E-state index contributed by atoms with van der Waals surface area (Å²) in [5, 5.41) is 6.82. The highest BCUT2D eigenvalue weighted by molar-refractivity contribution is 9.11. The minimum atomic E-state index is -0.396. The Kier molecular flexibility index (Phi) is 9.89. The third kappa shape index (κ3) is 7.56. The molecule has 2 N–H and O–H groups in total. The van der Waals surface area contributed by atoms with Crippen molar-refractivity contribution in [3.05, 3.63) is 80.2 Å². The van der Waals surface area contributed by atoms with E-state index >= 15 is 0 Å². The van der Waals surface area contributed by atoms with E-state index in [1.54, 1.807) is 30.3 Å². The molecule has 0 aromatic heterocycles. The third-order valence-corrected chi connectivity index (χ3v) is 5.99. The lowest BCUT2D eigenvalue weighted by atomic mass is 10.2. The van der Waals surface area contributed by atoms with E-state index in [1.165, 1.54) is 13.3 Å². The van der Waals surface area contributed by atoms with Gasteiger partial charge in [-0.2, -0.15) is 5.10 Å². The van der Waals surface area contributed by atoms with Crippen molar-refractivity contribution in [2.45, 2.75) is 13.8 Å². The van der Waals surface area contributed by atoms with Gasteiger partial charge in [0.25, 0.3) is 11.8 Å². The van der Waals surface area contributed by atoms with E-state index in [2.05, 4.69) is 47.7 Å². The maximum Gasteiger partial charge on any atom is 0.271 e. The second kappa shape index (κ2) is 13.1. The average molecular weight is 619 g/mol. The zero-order valence-electron chi connectivity index (χ0n) is 19.9. The van der Waals surface area contributed by atoms with Crippen molar-refractivity contribution in [3.63, 3.8) is 0 Å². The molecule has 10 heteroatoms. The lowest BCUT2D eigenvalue weighted by Gasteiger charge is -2.12. The molecule has 0 unspecified atom stereocenters. The molecule has 0 atom stereocenters. The van der Waals surface area contributed by atoms with E-state index in [1.807, 2.05) is 38.1 Å². The number of amides is 2. The van der Waals surface area contributed by atoms with E-state index in [-0.39, 0.29) is 12.5 Å². The summed E-state index contributed by atoms with van der Waals surface area (Å²) >= 11 is 6.91. The predicted molar refractivity (Wildman–Crippen MR) is 146 cm³/mol. The van der Waals surface area contributed by atoms with Crippen molar-refractivity contribution in [1.82, 2.24) is 5.43 Å². The smallest absolute Gasteiger partial charge is 0.271 e. The molecule has 0 radical (unpaired) electrons. The van der Waals surface area contributed by atoms with Crippen molar-refractivity contribution in [1.29, 1.82) is 0 Å². The highest BCUT2D eigenvalue weighted by atomic mass is 79.9. The van der Waals surface area contributed by atoms with Crippen LogP contribution in [0.15, 0.2) is 68.6 Å². The van der Waals surface area contributed by atoms with Gasteiger partial charge in [-0.3, -0.25) is 9.59 Å². The van der Waals surface area contributed by atoms with E-state index in [4.69, 9.17) is 14.2 Å². The zero-order valence-corrected chi connectivity index (χ0v) is 23.1. The summed E-state index contributed by atoms with van der Waals surface area (Å²) in [6.45, 7) is 4.11. The minimum Gasteiger partial charge on any atom is -0.493 e. The van der Waals surface area contributed by atoms with Gasteiger partial charge in [0, 0.05) is 11.3 Å². The number of hydrogen-bond donors (Lipinski definition) is 2. The van der Waals surface area contributed by atoms with Gasteiger partial charge in [0.1, 0.15) is 5.75 Å². The highest BCUT2D eigenvalue weighted by Crippen LogP contribution is 2.34. The van der Waals surface area contributed by atoms with Gasteiger partial charge in [-0.1, -0.05) is 17.7 Å². The van der Waals surface area contributed by atoms with Gasteiger partial charge >= 0.3 is 0 Å². The van der Waals surface area contributed by atoms with Gasteiger partial charge < -0.3 is 19.5 Å². The van der Waals surface area contributed by atoms with Gasteiger partial charge in [-0.15, -0.1) is 0 Å². The molecule has 36 heavy (non-hydrogen) atoms. The van der Waals surface area contributed by atoms with Crippen LogP contribution in [0.25, 0.3) is 0 Å². The van der Waals surface area contributed by atoms with Crippen LogP contribution in [-0.2, 0) is 4.79 Å². The quantitative estimate of drug-likeness (QED) is 0.224. The summed E-state index contributed by atoms with van der Waals surface area (Å²) in [5.74, 6) is 0.815. The summed E-state index contributed by atoms with van der Waals surface area (Å²) < 4.78 is 17.7. The first kappa shape index (κ1) is 27.2. The van der Waals surface area contributed by atoms with Gasteiger partial charge in [0.15, 0.2) is 18.1 Å². The molecule has 0 saturated carbocycles. The molecule has 0 bridgehead atoms. The van der Waals surface area contributed by atoms with Crippen LogP contribution >= 0.6 is 31.9 Å². The fourth-order valence-corrected chi connectivity index (χ4v) is 4.53. The molecule has 0 aliphatic rings. The van der Waals surface area contributed by atoms with E-state index in [0.29, 0.717) is 49.6 Å². The third-order valence-electron chi connectivity index (χ3n) is 4.81. The van der Waals surface area contributed by atoms with Crippen LogP contribution in [0, 0.1) is 6.92 Å². The first-order valence-corrected chi connectivity index (χ1v) is 12.5. The number of carbonyl (C=O) groups is 2. The number of aryl methyl sites for hydroxylation is 1. The van der Waals surface area contributed by atoms with Crippen LogP contribution in [0.5, 0.6) is 17.2 Å². The monoisotopic (exact) mass is 617 g/mol. The van der Waals surface area contributed by atoms with Crippen molar-refractivity contribution < 1.29 is 23.8 Å². The van der Waals surface area contributed by atoms with E-state index in [0.717, 1.165) is 5.56 Å². The zero-order chi connectivity index (χ0) is 26.1. The number of hydrogen-bond acceptors (Lipinski definition) is 6. The van der Waals surface area contributed by atoms with Crippen LogP contribution < -0.4 is 25.0 Å². The molecule has 8 nitrogen and oxygen atoms in total. The lowest BCUT2D eigenvalue weighted by Crippen LogP contribution is -2.20. The molecule has 0 fully saturated rings. The second-order valence-corrected chi connectivity index (χ2v) is 9.22. The fraction of sp³-hybridized carbons (Fsp3) is 0.192. The Morgan fingerprint density at radius 1 is 0.972 bits per heavy atom. The lowest BCUT2D eigenvalue weighted by molar-refractivity contribution is -0.118. The SMILES string of the molecule is CCOc1cc(C(=O)N/N=C/c2cc(Br)c(OCC(=O)Nc3ccc(C)cc3)c(Br)c2)ccc1OC. The number of nitrogens with one attached hydrogen (secondary N) is 2. The first-order valence-electron chi connectivity index (χ1n) is 10.9. The van der Waals surface area contributed by atoms with Crippen LogP contribution in [0.4, 0.5) is 5.69 Å². The number of rotatable bonds is 10. The van der Waals surface area contributed by atoms with Crippen molar-refractivity contribution in [2.75, 3.05) is 25.6 Å². The van der Waals surface area contributed by atoms with E-state index < -0.39 is 5.91 Å². The molecular weight excluding hydrogens is 594 g/mol. The molecule has 0 aliphatic heterocycles. The summed E-state index contributed by atoms with van der Waals surface area (Å²) in [6.07, 6.45) is 1.49. The molecule has 0 saturated heterocycles. The number of carbonyl (C=O) groups excluding carboxylic acids is 2. The molecular formula is C26H25Br2N3O5. The number of benzene rings is 3. The number of nitrogens with zero attached hydrogens (tertiary/aromatic N) is 1. The molecule has 188 valence electrons. The number of anilines is 1. The predicted octanol–water partition coefficient (Wildman–Crippen LogP) is 5.71. The van der Waals surface area contributed by atoms with Gasteiger partial charge in [-0.05, 0) is 93.7 Å². The van der Waals surface area contributed by atoms with Crippen LogP contribution in [-0.4, -0.2) is 38.4 Å². The Balaban J connectivity index is 1.59. The summed E-state index contributed by atoms with van der Waals surface area (Å²) in [4.78, 5) is 24.7. The fourth-order valence-electron chi connectivity index (χ4n) is 3.08. The maximum atomic E-state index is 12.5. The number of ether oxygens (including phenoxy) is 3. The molecule has 0 spiro atoms. The second-order valence-electron chi connectivity index (χ2n) is 7.51. The number of methoxy groups -OCH3 is 1. The molecule has 0 heterocycles. The van der Waals surface area contributed by atoms with Crippen LogP contribution in [0.1, 0.15) is 28.4 Å². The normalized spacial score (nSPS) is 10.7. The number of hydrazone groups is 1. The molecule has 2 amide bonds. The van der Waals surface area contributed by atoms with Gasteiger partial charge in [-0.25, -0.2) is 5.43 Å². The average Bonchev–Trinajstić information content (AvgIpc) is 2.85. The molecule has 3 rings (SSSR count). The van der Waals surface area contributed by atoms with Crippen molar-refractivity contribution >= 4 is 55.6 Å². The molecule has 0 aliphatic carbocycles. The Morgan fingerprint density at radius 2 is 1.67 bits per heavy atom.